The van der Waals surface area contributed by atoms with E-state index in [0.29, 0.717) is 12.4 Å². The molecule has 0 spiro atoms. The summed E-state index contributed by atoms with van der Waals surface area (Å²) in [5.74, 6) is 0.535. The van der Waals surface area contributed by atoms with Gasteiger partial charge in [0.25, 0.3) is 0 Å². The van der Waals surface area contributed by atoms with Crippen molar-refractivity contribution in [2.45, 2.75) is 32.2 Å². The predicted molar refractivity (Wildman–Crippen MR) is 61.6 cm³/mol. The number of hydrogen-bond acceptors (Lipinski definition) is 5. The molecule has 0 radical (unpaired) electrons. The number of nitrogens with zero attached hydrogens (tertiary/aromatic N) is 2. The summed E-state index contributed by atoms with van der Waals surface area (Å²) in [4.78, 5) is 11.3. The van der Waals surface area contributed by atoms with E-state index in [1.54, 1.807) is 0 Å². The van der Waals surface area contributed by atoms with Crippen LogP contribution in [0.4, 0.5) is 10.8 Å². The number of anilines is 1. The van der Waals surface area contributed by atoms with E-state index in [0.717, 1.165) is 25.8 Å². The number of nitrogens with one attached hydrogen (secondary N) is 3. The van der Waals surface area contributed by atoms with Gasteiger partial charge >= 0.3 is 12.0 Å². The summed E-state index contributed by atoms with van der Waals surface area (Å²) in [5, 5.41) is 16.1. The van der Waals surface area contributed by atoms with E-state index in [9.17, 15) is 4.79 Å². The van der Waals surface area contributed by atoms with Gasteiger partial charge in [0.15, 0.2) is 0 Å². The van der Waals surface area contributed by atoms with Gasteiger partial charge in [-0.2, -0.15) is 0 Å². The molecule has 1 aromatic heterocycles. The van der Waals surface area contributed by atoms with E-state index < -0.39 is 0 Å². The van der Waals surface area contributed by atoms with Crippen molar-refractivity contribution in [2.75, 3.05) is 18.4 Å². The first-order valence-corrected chi connectivity index (χ1v) is 5.91. The molecule has 2 rings (SSSR count). The summed E-state index contributed by atoms with van der Waals surface area (Å²) < 4.78 is 5.36. The third-order valence-corrected chi connectivity index (χ3v) is 2.56. The van der Waals surface area contributed by atoms with Gasteiger partial charge in [0.2, 0.25) is 5.89 Å². The van der Waals surface area contributed by atoms with E-state index in [1.165, 1.54) is 0 Å². The minimum absolute atomic E-state index is 0.122. The molecule has 0 bridgehead atoms. The highest BCUT2D eigenvalue weighted by Crippen LogP contribution is 2.22. The first kappa shape index (κ1) is 11.8. The highest BCUT2D eigenvalue weighted by Gasteiger charge is 2.22. The van der Waals surface area contributed by atoms with Crippen LogP contribution in [0.1, 0.15) is 38.1 Å². The third kappa shape index (κ3) is 3.16. The Morgan fingerprint density at radius 3 is 3.18 bits per heavy atom. The zero-order chi connectivity index (χ0) is 12.1. The average molecular weight is 239 g/mol. The summed E-state index contributed by atoms with van der Waals surface area (Å²) in [6.07, 6.45) is 2.98. The van der Waals surface area contributed by atoms with Crippen molar-refractivity contribution in [1.82, 2.24) is 20.8 Å². The van der Waals surface area contributed by atoms with Crippen LogP contribution in [0.25, 0.3) is 0 Å². The summed E-state index contributed by atoms with van der Waals surface area (Å²) in [5.41, 5.74) is 0. The molecule has 1 fully saturated rings. The van der Waals surface area contributed by atoms with E-state index in [1.807, 2.05) is 6.92 Å². The van der Waals surface area contributed by atoms with Crippen LogP contribution >= 0.6 is 0 Å². The second kappa shape index (κ2) is 5.62. The molecule has 0 aromatic carbocycles. The molecule has 7 heteroatoms. The van der Waals surface area contributed by atoms with Crippen LogP contribution in [0, 0.1) is 0 Å². The van der Waals surface area contributed by atoms with Gasteiger partial charge in [-0.25, -0.2) is 4.79 Å². The molecule has 1 unspecified atom stereocenters. The van der Waals surface area contributed by atoms with Crippen LogP contribution in [0.3, 0.4) is 0 Å². The van der Waals surface area contributed by atoms with Crippen LogP contribution in [-0.2, 0) is 0 Å². The summed E-state index contributed by atoms with van der Waals surface area (Å²) in [6.45, 7) is 3.57. The standard InChI is InChI=1S/C10H17N5O2/c1-2-5-12-9(16)13-10-15-14-8(17-10)7-4-3-6-11-7/h7,11H,2-6H2,1H3,(H2,12,13,15,16). The second-order valence-electron chi connectivity index (χ2n) is 3.98. The van der Waals surface area contributed by atoms with E-state index in [2.05, 4.69) is 26.1 Å². The molecule has 7 nitrogen and oxygen atoms in total. The third-order valence-electron chi connectivity index (χ3n) is 2.56. The largest absolute Gasteiger partial charge is 0.406 e. The molecule has 0 aliphatic carbocycles. The van der Waals surface area contributed by atoms with Crippen molar-refractivity contribution in [3.63, 3.8) is 0 Å². The lowest BCUT2D eigenvalue weighted by atomic mass is 10.2. The monoisotopic (exact) mass is 239 g/mol. The summed E-state index contributed by atoms with van der Waals surface area (Å²) >= 11 is 0. The van der Waals surface area contributed by atoms with Gasteiger partial charge in [0, 0.05) is 6.54 Å². The number of urea groups is 1. The van der Waals surface area contributed by atoms with Gasteiger partial charge in [-0.1, -0.05) is 12.0 Å². The molecular weight excluding hydrogens is 222 g/mol. The smallest absolute Gasteiger partial charge is 0.323 e. The van der Waals surface area contributed by atoms with Crippen LogP contribution in [-0.4, -0.2) is 29.3 Å². The van der Waals surface area contributed by atoms with Gasteiger partial charge < -0.3 is 15.1 Å². The second-order valence-corrected chi connectivity index (χ2v) is 3.98. The van der Waals surface area contributed by atoms with Gasteiger partial charge in [0.05, 0.1) is 6.04 Å². The first-order chi connectivity index (χ1) is 8.29. The Hall–Kier alpha value is -1.63. The van der Waals surface area contributed by atoms with Gasteiger partial charge in [0.1, 0.15) is 0 Å². The highest BCUT2D eigenvalue weighted by atomic mass is 16.4. The Kier molecular flexibility index (Phi) is 3.92. The van der Waals surface area contributed by atoms with Crippen molar-refractivity contribution in [3.8, 4) is 0 Å². The molecule has 3 N–H and O–H groups in total. The lowest BCUT2D eigenvalue weighted by Gasteiger charge is -2.03. The number of carbonyl (C=O) groups is 1. The summed E-state index contributed by atoms with van der Waals surface area (Å²) in [6, 6.07) is -0.0551. The molecule has 17 heavy (non-hydrogen) atoms. The molecule has 1 atom stereocenters. The fourth-order valence-corrected chi connectivity index (χ4v) is 1.70. The molecule has 2 heterocycles. The number of amides is 2. The fraction of sp³-hybridized carbons (Fsp3) is 0.700. The number of rotatable bonds is 4. The Morgan fingerprint density at radius 2 is 2.47 bits per heavy atom. The average Bonchev–Trinajstić information content (AvgIpc) is 2.95. The predicted octanol–water partition coefficient (Wildman–Crippen LogP) is 1.03. The van der Waals surface area contributed by atoms with E-state index in [-0.39, 0.29) is 18.1 Å². The Balaban J connectivity index is 1.87. The Labute approximate surface area is 99.4 Å². The van der Waals surface area contributed by atoms with Gasteiger partial charge in [-0.15, -0.1) is 5.10 Å². The highest BCUT2D eigenvalue weighted by molar-refractivity contribution is 5.86. The molecule has 1 aliphatic rings. The number of hydrogen-bond donors (Lipinski definition) is 3. The summed E-state index contributed by atoms with van der Waals surface area (Å²) in [7, 11) is 0. The maximum absolute atomic E-state index is 11.3. The van der Waals surface area contributed by atoms with Crippen LogP contribution in [0.15, 0.2) is 4.42 Å². The Morgan fingerprint density at radius 1 is 1.59 bits per heavy atom. The van der Waals surface area contributed by atoms with Crippen LogP contribution in [0.5, 0.6) is 0 Å². The molecule has 94 valence electrons. The first-order valence-electron chi connectivity index (χ1n) is 5.91. The molecule has 1 saturated heterocycles. The van der Waals surface area contributed by atoms with Crippen molar-refractivity contribution < 1.29 is 9.21 Å². The fourth-order valence-electron chi connectivity index (χ4n) is 1.70. The maximum Gasteiger partial charge on any atom is 0.323 e. The minimum atomic E-state index is -0.318. The molecule has 1 aliphatic heterocycles. The molecule has 1 aromatic rings. The molecule has 2 amide bonds. The Bertz CT molecular complexity index is 373. The quantitative estimate of drug-likeness (QED) is 0.729. The normalized spacial score (nSPS) is 19.2. The zero-order valence-corrected chi connectivity index (χ0v) is 9.82. The van der Waals surface area contributed by atoms with Crippen molar-refractivity contribution in [1.29, 1.82) is 0 Å². The lowest BCUT2D eigenvalue weighted by molar-refractivity contribution is 0.251. The van der Waals surface area contributed by atoms with E-state index in [4.69, 9.17) is 4.42 Å². The van der Waals surface area contributed by atoms with E-state index >= 15 is 0 Å². The SMILES string of the molecule is CCCNC(=O)Nc1nnc(C2CCCN2)o1. The maximum atomic E-state index is 11.3. The van der Waals surface area contributed by atoms with Crippen LogP contribution in [0.2, 0.25) is 0 Å². The van der Waals surface area contributed by atoms with Gasteiger partial charge in [-0.05, 0) is 25.8 Å². The molecule has 0 saturated carbocycles. The number of carbonyl (C=O) groups excluding carboxylic acids is 1. The lowest BCUT2D eigenvalue weighted by Crippen LogP contribution is -2.29. The van der Waals surface area contributed by atoms with Crippen molar-refractivity contribution in [3.05, 3.63) is 5.89 Å². The van der Waals surface area contributed by atoms with Gasteiger partial charge in [-0.3, -0.25) is 5.32 Å². The topological polar surface area (TPSA) is 92.1 Å². The molecular formula is C10H17N5O2. The van der Waals surface area contributed by atoms with Crippen molar-refractivity contribution >= 4 is 12.0 Å². The van der Waals surface area contributed by atoms with Crippen molar-refractivity contribution in [2.24, 2.45) is 0 Å². The zero-order valence-electron chi connectivity index (χ0n) is 9.82. The minimum Gasteiger partial charge on any atom is -0.406 e. The van der Waals surface area contributed by atoms with Crippen LogP contribution < -0.4 is 16.0 Å². The number of aromatic nitrogens is 2.